The molecule has 0 radical (unpaired) electrons. The number of hydrogen-bond donors (Lipinski definition) is 1. The second kappa shape index (κ2) is 7.32. The van der Waals surface area contributed by atoms with Crippen molar-refractivity contribution in [1.29, 1.82) is 0 Å². The number of aromatic nitrogens is 4. The van der Waals surface area contributed by atoms with Gasteiger partial charge < -0.3 is 9.47 Å². The molecule has 8 nitrogen and oxygen atoms in total. The second-order valence-electron chi connectivity index (χ2n) is 6.76. The van der Waals surface area contributed by atoms with E-state index in [9.17, 15) is 22.8 Å². The van der Waals surface area contributed by atoms with Crippen LogP contribution in [-0.4, -0.2) is 31.9 Å². The van der Waals surface area contributed by atoms with E-state index < -0.39 is 29.2 Å². The van der Waals surface area contributed by atoms with Crippen LogP contribution in [0.2, 0.25) is 0 Å². The van der Waals surface area contributed by atoms with Crippen molar-refractivity contribution >= 4 is 11.9 Å². The van der Waals surface area contributed by atoms with Crippen LogP contribution in [0.25, 0.3) is 11.1 Å². The number of carbonyl (C=O) groups excluding carboxylic acids is 2. The second-order valence-corrected chi connectivity index (χ2v) is 6.76. The van der Waals surface area contributed by atoms with Crippen molar-refractivity contribution in [2.24, 2.45) is 0 Å². The van der Waals surface area contributed by atoms with Crippen molar-refractivity contribution in [1.82, 2.24) is 20.0 Å². The van der Waals surface area contributed by atoms with Gasteiger partial charge >= 0.3 is 11.9 Å². The summed E-state index contributed by atoms with van der Waals surface area (Å²) in [5.41, 5.74) is -0.221. The molecule has 0 spiro atoms. The maximum absolute atomic E-state index is 14.0. The van der Waals surface area contributed by atoms with E-state index in [1.165, 1.54) is 16.9 Å². The van der Waals surface area contributed by atoms with Crippen LogP contribution < -0.4 is 9.47 Å². The number of halogens is 3. The van der Waals surface area contributed by atoms with Crippen LogP contribution in [0.1, 0.15) is 31.0 Å². The molecule has 4 rings (SSSR count). The largest absolute Gasteiger partial charge is 0.407 e. The highest BCUT2D eigenvalue weighted by molar-refractivity contribution is 5.86. The number of benzene rings is 1. The van der Waals surface area contributed by atoms with Crippen LogP contribution in [0.15, 0.2) is 30.5 Å². The predicted octanol–water partition coefficient (Wildman–Crippen LogP) is 3.18. The highest BCUT2D eigenvalue weighted by Gasteiger charge is 2.32. The number of esters is 2. The lowest BCUT2D eigenvalue weighted by Gasteiger charge is -2.14. The Bertz CT molecular complexity index is 1120. The molecule has 0 fully saturated rings. The van der Waals surface area contributed by atoms with Crippen molar-refractivity contribution in [3.05, 3.63) is 47.5 Å². The predicted molar refractivity (Wildman–Crippen MR) is 95.4 cm³/mol. The summed E-state index contributed by atoms with van der Waals surface area (Å²) >= 11 is 0. The Hall–Kier alpha value is -3.63. The summed E-state index contributed by atoms with van der Waals surface area (Å²) in [5, 5.41) is 10.7. The number of aromatic amines is 1. The van der Waals surface area contributed by atoms with Crippen LogP contribution in [0, 0.1) is 5.82 Å². The lowest BCUT2D eigenvalue weighted by molar-refractivity contribution is -0.140. The van der Waals surface area contributed by atoms with Gasteiger partial charge in [0.05, 0.1) is 30.6 Å². The van der Waals surface area contributed by atoms with Crippen LogP contribution in [0.4, 0.5) is 13.2 Å². The summed E-state index contributed by atoms with van der Waals surface area (Å²) in [6, 6.07) is 4.65. The summed E-state index contributed by atoms with van der Waals surface area (Å²) in [7, 11) is 0. The molecular formula is C19H15F3N4O4. The van der Waals surface area contributed by atoms with E-state index >= 15 is 0 Å². The van der Waals surface area contributed by atoms with E-state index in [2.05, 4.69) is 15.3 Å². The fourth-order valence-corrected chi connectivity index (χ4v) is 3.03. The lowest BCUT2D eigenvalue weighted by Crippen LogP contribution is -2.17. The lowest BCUT2D eigenvalue weighted by atomic mass is 10.0. The molecule has 0 aliphatic carbocycles. The molecule has 156 valence electrons. The Morgan fingerprint density at radius 2 is 1.90 bits per heavy atom. The van der Waals surface area contributed by atoms with Crippen molar-refractivity contribution in [2.75, 3.05) is 0 Å². The van der Waals surface area contributed by atoms with Crippen LogP contribution in [-0.2, 0) is 22.1 Å². The molecule has 0 unspecified atom stereocenters. The molecule has 2 bridgehead atoms. The first-order valence-corrected chi connectivity index (χ1v) is 8.91. The first kappa shape index (κ1) is 19.7. The number of ether oxygens (including phenoxy) is 2. The van der Waals surface area contributed by atoms with Crippen molar-refractivity contribution in [2.45, 2.75) is 32.2 Å². The molecule has 1 aromatic carbocycles. The number of carbonyl (C=O) groups is 2. The molecule has 0 saturated heterocycles. The van der Waals surface area contributed by atoms with Gasteiger partial charge in [0.2, 0.25) is 5.88 Å². The minimum atomic E-state index is -3.46. The Morgan fingerprint density at radius 3 is 2.57 bits per heavy atom. The molecule has 1 N–H and O–H groups in total. The van der Waals surface area contributed by atoms with Gasteiger partial charge in [-0.05, 0) is 23.8 Å². The number of rotatable bonds is 4. The number of fused-ring (bicyclic) bond motifs is 2. The van der Waals surface area contributed by atoms with Crippen molar-refractivity contribution in [3.63, 3.8) is 0 Å². The third-order valence-electron chi connectivity index (χ3n) is 4.43. The summed E-state index contributed by atoms with van der Waals surface area (Å²) in [4.78, 5) is 24.2. The number of nitrogens with one attached hydrogen (secondary N) is 1. The van der Waals surface area contributed by atoms with Gasteiger partial charge in [-0.1, -0.05) is 6.07 Å². The molecule has 30 heavy (non-hydrogen) atoms. The van der Waals surface area contributed by atoms with E-state index in [4.69, 9.17) is 9.47 Å². The average molecular weight is 420 g/mol. The Balaban J connectivity index is 1.91. The smallest absolute Gasteiger partial charge is 0.313 e. The summed E-state index contributed by atoms with van der Waals surface area (Å²) in [6.07, 6.45) is 1.04. The number of H-pyrrole nitrogens is 1. The van der Waals surface area contributed by atoms with Gasteiger partial charge in [-0.2, -0.15) is 5.10 Å². The zero-order chi connectivity index (χ0) is 21.5. The standard InChI is InChI=1S/C19H15F3N4O4/c1-19(21,22)12-8-10(2-3-13(12)20)16-17-25-26(9-11-6-7-23-24-11)18(16)30-15(28)5-4-14(27)29-17/h2-3,6-8H,4-5,9H2,1H3,(H,23,24). The minimum absolute atomic E-state index is 0.0105. The van der Waals surface area contributed by atoms with Crippen molar-refractivity contribution in [3.8, 4) is 22.9 Å². The maximum Gasteiger partial charge on any atom is 0.313 e. The van der Waals surface area contributed by atoms with Gasteiger partial charge in [0.25, 0.3) is 11.8 Å². The molecule has 3 aromatic rings. The first-order valence-electron chi connectivity index (χ1n) is 8.91. The van der Waals surface area contributed by atoms with Gasteiger partial charge in [-0.15, -0.1) is 5.10 Å². The fourth-order valence-electron chi connectivity index (χ4n) is 3.03. The number of hydrogen-bond acceptors (Lipinski definition) is 6. The van der Waals surface area contributed by atoms with E-state index in [1.54, 1.807) is 6.07 Å². The first-order chi connectivity index (χ1) is 14.2. The highest BCUT2D eigenvalue weighted by Crippen LogP contribution is 2.42. The fraction of sp³-hybridized carbons (Fsp3) is 0.263. The van der Waals surface area contributed by atoms with Gasteiger partial charge in [0, 0.05) is 13.1 Å². The van der Waals surface area contributed by atoms with Gasteiger partial charge in [0.15, 0.2) is 0 Å². The normalized spacial score (nSPS) is 14.5. The Labute approximate surface area is 167 Å². The maximum atomic E-state index is 14.0. The molecule has 1 aliphatic heterocycles. The zero-order valence-electron chi connectivity index (χ0n) is 15.6. The molecule has 2 aromatic heterocycles. The summed E-state index contributed by atoms with van der Waals surface area (Å²) < 4.78 is 53.6. The molecule has 0 atom stereocenters. The summed E-state index contributed by atoms with van der Waals surface area (Å²) in [5.74, 6) is -6.38. The van der Waals surface area contributed by atoms with Crippen LogP contribution in [0.5, 0.6) is 11.8 Å². The van der Waals surface area contributed by atoms with E-state index in [-0.39, 0.29) is 42.3 Å². The van der Waals surface area contributed by atoms with Gasteiger partial charge in [0.1, 0.15) is 11.4 Å². The number of alkyl halides is 2. The van der Waals surface area contributed by atoms with Gasteiger partial charge in [-0.3, -0.25) is 14.7 Å². The van der Waals surface area contributed by atoms with E-state index in [0.717, 1.165) is 12.1 Å². The number of nitrogens with zero attached hydrogens (tertiary/aromatic N) is 3. The average Bonchev–Trinajstić information content (AvgIpc) is 3.29. The quantitative estimate of drug-likeness (QED) is 0.651. The molecule has 1 aliphatic rings. The highest BCUT2D eigenvalue weighted by atomic mass is 19.3. The zero-order valence-corrected chi connectivity index (χ0v) is 15.6. The molecule has 3 heterocycles. The topological polar surface area (TPSA) is 99.1 Å². The van der Waals surface area contributed by atoms with E-state index in [1.807, 2.05) is 0 Å². The third kappa shape index (κ3) is 3.78. The Kier molecular flexibility index (Phi) is 4.80. The molecular weight excluding hydrogens is 405 g/mol. The Morgan fingerprint density at radius 1 is 1.17 bits per heavy atom. The SMILES string of the molecule is CC(F)(F)c1cc(-c2c3nn(Cc4ccn[nH]4)c2OC(=O)CCC(=O)O3)ccc1F. The minimum Gasteiger partial charge on any atom is -0.407 e. The molecule has 11 heteroatoms. The van der Waals surface area contributed by atoms with Gasteiger partial charge in [-0.25, -0.2) is 17.9 Å². The van der Waals surface area contributed by atoms with Crippen LogP contribution in [0.3, 0.4) is 0 Å². The molecule has 0 amide bonds. The van der Waals surface area contributed by atoms with Crippen LogP contribution >= 0.6 is 0 Å². The third-order valence-corrected chi connectivity index (χ3v) is 4.43. The monoisotopic (exact) mass is 420 g/mol. The molecule has 0 saturated carbocycles. The summed E-state index contributed by atoms with van der Waals surface area (Å²) in [6.45, 7) is 0.623. The van der Waals surface area contributed by atoms with E-state index in [0.29, 0.717) is 12.6 Å². The van der Waals surface area contributed by atoms with Crippen molar-refractivity contribution < 1.29 is 32.2 Å².